The lowest BCUT2D eigenvalue weighted by atomic mass is 9.87. The highest BCUT2D eigenvalue weighted by Crippen LogP contribution is 2.43. The van der Waals surface area contributed by atoms with E-state index in [4.69, 9.17) is 0 Å². The van der Waals surface area contributed by atoms with Gasteiger partial charge >= 0.3 is 0 Å². The van der Waals surface area contributed by atoms with Gasteiger partial charge in [0.1, 0.15) is 0 Å². The number of halogens is 2. The fraction of sp³-hybridized carbons (Fsp3) is 0.357. The summed E-state index contributed by atoms with van der Waals surface area (Å²) in [6, 6.07) is 5.23. The standard InChI is InChI=1S/C14H13F2NO/c1-2-9-3-4-10-8-17(13(18)12(10)5-9)11-6-14(15,16)7-11/h2-5,11H,1,6-8H2. The first-order chi connectivity index (χ1) is 8.50. The number of nitrogens with zero attached hydrogens (tertiary/aromatic N) is 1. The van der Waals surface area contributed by atoms with E-state index < -0.39 is 5.92 Å². The van der Waals surface area contributed by atoms with Crippen molar-refractivity contribution >= 4 is 12.0 Å². The minimum Gasteiger partial charge on any atom is -0.331 e. The van der Waals surface area contributed by atoms with Gasteiger partial charge in [0.25, 0.3) is 11.8 Å². The van der Waals surface area contributed by atoms with Gasteiger partial charge in [-0.25, -0.2) is 8.78 Å². The van der Waals surface area contributed by atoms with Crippen molar-refractivity contribution in [2.75, 3.05) is 0 Å². The first kappa shape index (κ1) is 11.4. The molecule has 0 unspecified atom stereocenters. The molecule has 4 heteroatoms. The van der Waals surface area contributed by atoms with Crippen molar-refractivity contribution in [3.63, 3.8) is 0 Å². The third kappa shape index (κ3) is 1.64. The highest BCUT2D eigenvalue weighted by atomic mass is 19.3. The Morgan fingerprint density at radius 2 is 2.11 bits per heavy atom. The Balaban J connectivity index is 1.84. The van der Waals surface area contributed by atoms with E-state index in [-0.39, 0.29) is 24.8 Å². The van der Waals surface area contributed by atoms with Crippen LogP contribution in [0.1, 0.15) is 34.3 Å². The van der Waals surface area contributed by atoms with Crippen LogP contribution in [-0.4, -0.2) is 22.8 Å². The SMILES string of the molecule is C=Cc1ccc2c(c1)C(=O)N(C1CC(F)(F)C1)C2. The molecule has 1 aromatic rings. The number of hydrogen-bond acceptors (Lipinski definition) is 1. The second-order valence-electron chi connectivity index (χ2n) is 4.97. The van der Waals surface area contributed by atoms with Crippen molar-refractivity contribution < 1.29 is 13.6 Å². The van der Waals surface area contributed by atoms with E-state index in [1.54, 1.807) is 17.0 Å². The summed E-state index contributed by atoms with van der Waals surface area (Å²) in [5, 5.41) is 0. The number of hydrogen-bond donors (Lipinski definition) is 0. The third-order valence-electron chi connectivity index (χ3n) is 3.71. The zero-order valence-corrected chi connectivity index (χ0v) is 9.83. The summed E-state index contributed by atoms with van der Waals surface area (Å²) in [5.74, 6) is -2.72. The summed E-state index contributed by atoms with van der Waals surface area (Å²) in [6.45, 7) is 4.11. The van der Waals surface area contributed by atoms with Crippen molar-refractivity contribution in [1.82, 2.24) is 4.90 Å². The molecule has 1 aliphatic heterocycles. The van der Waals surface area contributed by atoms with Crippen LogP contribution in [0.15, 0.2) is 24.8 Å². The van der Waals surface area contributed by atoms with Crippen LogP contribution < -0.4 is 0 Å². The summed E-state index contributed by atoms with van der Waals surface area (Å²) in [4.78, 5) is 13.7. The van der Waals surface area contributed by atoms with Crippen LogP contribution in [0.4, 0.5) is 8.78 Å². The van der Waals surface area contributed by atoms with Gasteiger partial charge in [-0.15, -0.1) is 0 Å². The predicted octanol–water partition coefficient (Wildman–Crippen LogP) is 3.08. The Morgan fingerprint density at radius 3 is 2.72 bits per heavy atom. The van der Waals surface area contributed by atoms with Crippen LogP contribution >= 0.6 is 0 Å². The average Bonchev–Trinajstić information content (AvgIpc) is 2.63. The monoisotopic (exact) mass is 249 g/mol. The van der Waals surface area contributed by atoms with Gasteiger partial charge in [0.15, 0.2) is 0 Å². The molecule has 0 N–H and O–H groups in total. The minimum atomic E-state index is -2.59. The van der Waals surface area contributed by atoms with Crippen molar-refractivity contribution in [3.05, 3.63) is 41.5 Å². The minimum absolute atomic E-state index is 0.130. The fourth-order valence-corrected chi connectivity index (χ4v) is 2.61. The molecule has 18 heavy (non-hydrogen) atoms. The van der Waals surface area contributed by atoms with Crippen LogP contribution in [0, 0.1) is 0 Å². The maximum atomic E-state index is 12.9. The summed E-state index contributed by atoms with van der Waals surface area (Å²) in [7, 11) is 0. The van der Waals surface area contributed by atoms with Gasteiger partial charge in [-0.3, -0.25) is 4.79 Å². The topological polar surface area (TPSA) is 20.3 Å². The van der Waals surface area contributed by atoms with E-state index in [0.29, 0.717) is 12.1 Å². The Bertz CT molecular complexity index is 531. The molecular weight excluding hydrogens is 236 g/mol. The van der Waals surface area contributed by atoms with Crippen LogP contribution in [0.25, 0.3) is 6.08 Å². The molecule has 0 bridgehead atoms. The van der Waals surface area contributed by atoms with Gasteiger partial charge in [0.2, 0.25) is 0 Å². The molecule has 2 nitrogen and oxygen atoms in total. The van der Waals surface area contributed by atoms with Gasteiger partial charge in [-0.2, -0.15) is 0 Å². The van der Waals surface area contributed by atoms with Crippen molar-refractivity contribution in [1.29, 1.82) is 0 Å². The smallest absolute Gasteiger partial charge is 0.254 e. The fourth-order valence-electron chi connectivity index (χ4n) is 2.61. The van der Waals surface area contributed by atoms with E-state index in [2.05, 4.69) is 6.58 Å². The molecule has 1 saturated carbocycles. The number of alkyl halides is 2. The van der Waals surface area contributed by atoms with Gasteiger partial charge in [0.05, 0.1) is 0 Å². The Labute approximate surface area is 104 Å². The lowest BCUT2D eigenvalue weighted by molar-refractivity contribution is -0.116. The Kier molecular flexibility index (Phi) is 2.30. The van der Waals surface area contributed by atoms with Gasteiger partial charge in [-0.1, -0.05) is 24.8 Å². The molecule has 94 valence electrons. The van der Waals surface area contributed by atoms with Crippen LogP contribution in [0.3, 0.4) is 0 Å². The molecular formula is C14H13F2NO. The molecule has 0 aromatic heterocycles. The molecule has 1 amide bonds. The quantitative estimate of drug-likeness (QED) is 0.788. The van der Waals surface area contributed by atoms with Gasteiger partial charge in [-0.05, 0) is 17.2 Å². The Hall–Kier alpha value is -1.71. The first-order valence-corrected chi connectivity index (χ1v) is 5.94. The van der Waals surface area contributed by atoms with Crippen LogP contribution in [-0.2, 0) is 6.54 Å². The molecule has 1 heterocycles. The van der Waals surface area contributed by atoms with E-state index in [1.165, 1.54) is 0 Å². The summed E-state index contributed by atoms with van der Waals surface area (Å²) >= 11 is 0. The van der Waals surface area contributed by atoms with Crippen LogP contribution in [0.5, 0.6) is 0 Å². The zero-order valence-electron chi connectivity index (χ0n) is 9.83. The third-order valence-corrected chi connectivity index (χ3v) is 3.71. The molecule has 1 fully saturated rings. The lowest BCUT2D eigenvalue weighted by Crippen LogP contribution is -2.50. The molecule has 1 aromatic carbocycles. The second-order valence-corrected chi connectivity index (χ2v) is 4.97. The lowest BCUT2D eigenvalue weighted by Gasteiger charge is -2.40. The highest BCUT2D eigenvalue weighted by Gasteiger charge is 2.50. The normalized spacial score (nSPS) is 21.7. The number of amides is 1. The number of benzene rings is 1. The molecule has 2 aliphatic rings. The first-order valence-electron chi connectivity index (χ1n) is 5.94. The Morgan fingerprint density at radius 1 is 1.39 bits per heavy atom. The number of carbonyl (C=O) groups is 1. The molecule has 0 saturated heterocycles. The molecule has 3 rings (SSSR count). The largest absolute Gasteiger partial charge is 0.331 e. The second kappa shape index (κ2) is 3.64. The number of rotatable bonds is 2. The molecule has 0 spiro atoms. The number of fused-ring (bicyclic) bond motifs is 1. The van der Waals surface area contributed by atoms with Crippen molar-refractivity contribution in [2.24, 2.45) is 0 Å². The summed E-state index contributed by atoms with van der Waals surface area (Å²) < 4.78 is 25.7. The average molecular weight is 249 g/mol. The van der Waals surface area contributed by atoms with E-state index in [0.717, 1.165) is 11.1 Å². The maximum Gasteiger partial charge on any atom is 0.254 e. The van der Waals surface area contributed by atoms with E-state index in [1.807, 2.05) is 12.1 Å². The predicted molar refractivity (Wildman–Crippen MR) is 64.4 cm³/mol. The van der Waals surface area contributed by atoms with Crippen molar-refractivity contribution in [3.8, 4) is 0 Å². The number of carbonyl (C=O) groups excluding carboxylic acids is 1. The molecule has 0 radical (unpaired) electrons. The van der Waals surface area contributed by atoms with Crippen molar-refractivity contribution in [2.45, 2.75) is 31.4 Å². The van der Waals surface area contributed by atoms with E-state index in [9.17, 15) is 13.6 Å². The maximum absolute atomic E-state index is 12.9. The summed E-state index contributed by atoms with van der Waals surface area (Å²) in [6.07, 6.45) is 1.26. The molecule has 1 aliphatic carbocycles. The van der Waals surface area contributed by atoms with Gasteiger partial charge < -0.3 is 4.90 Å². The summed E-state index contributed by atoms with van der Waals surface area (Å²) in [5.41, 5.74) is 2.42. The van der Waals surface area contributed by atoms with Crippen LogP contribution in [0.2, 0.25) is 0 Å². The van der Waals surface area contributed by atoms with E-state index >= 15 is 0 Å². The molecule has 0 atom stereocenters. The highest BCUT2D eigenvalue weighted by molar-refractivity contribution is 5.99. The van der Waals surface area contributed by atoms with Gasteiger partial charge in [0, 0.05) is 31.0 Å². The zero-order chi connectivity index (χ0) is 12.9.